The molecular weight excluding hydrogens is 239 g/mol. The number of nitrogens with zero attached hydrogens (tertiary/aromatic N) is 1. The maximum Gasteiger partial charge on any atom is 0.0630 e. The molecule has 0 saturated carbocycles. The molecule has 0 bridgehead atoms. The Morgan fingerprint density at radius 1 is 1.70 bits per heavy atom. The quantitative estimate of drug-likeness (QED) is 0.770. The molecule has 0 atom stereocenters. The van der Waals surface area contributed by atoms with Gasteiger partial charge in [-0.25, -0.2) is 0 Å². The van der Waals surface area contributed by atoms with Crippen molar-refractivity contribution in [3.63, 3.8) is 0 Å². The van der Waals surface area contributed by atoms with Gasteiger partial charge in [0.05, 0.1) is 11.4 Å². The van der Waals surface area contributed by atoms with Gasteiger partial charge in [0.2, 0.25) is 0 Å². The van der Waals surface area contributed by atoms with Crippen LogP contribution < -0.4 is 5.73 Å². The van der Waals surface area contributed by atoms with Crippen molar-refractivity contribution in [2.75, 3.05) is 5.73 Å². The van der Waals surface area contributed by atoms with Crippen LogP contribution >= 0.6 is 22.6 Å². The number of hydrogen-bond donors (Lipinski definition) is 1. The van der Waals surface area contributed by atoms with Crippen LogP contribution in [0.2, 0.25) is 0 Å². The molecule has 0 saturated heterocycles. The van der Waals surface area contributed by atoms with Crippen LogP contribution in [-0.4, -0.2) is 4.98 Å². The fourth-order valence-electron chi connectivity index (χ4n) is 0.779. The molecule has 0 aromatic carbocycles. The molecule has 2 N–H and O–H groups in total. The molecule has 0 amide bonds. The minimum absolute atomic E-state index is 0.800. The molecule has 1 heterocycles. The highest BCUT2D eigenvalue weighted by Crippen LogP contribution is 2.12. The van der Waals surface area contributed by atoms with Gasteiger partial charge in [0.25, 0.3) is 0 Å². The van der Waals surface area contributed by atoms with Gasteiger partial charge in [0.15, 0.2) is 0 Å². The van der Waals surface area contributed by atoms with Crippen LogP contribution in [0.25, 0.3) is 0 Å². The van der Waals surface area contributed by atoms with Crippen molar-refractivity contribution < 1.29 is 0 Å². The SMILES string of the molecule is CCc1ncc(I)cc1N. The Morgan fingerprint density at radius 3 is 2.90 bits per heavy atom. The summed E-state index contributed by atoms with van der Waals surface area (Å²) in [6, 6.07) is 1.94. The Balaban J connectivity index is 3.07. The Hall–Kier alpha value is -0.320. The number of aryl methyl sites for hydroxylation is 1. The zero-order chi connectivity index (χ0) is 7.56. The molecule has 0 radical (unpaired) electrons. The van der Waals surface area contributed by atoms with Gasteiger partial charge in [-0.15, -0.1) is 0 Å². The lowest BCUT2D eigenvalue weighted by Crippen LogP contribution is -1.96. The highest BCUT2D eigenvalue weighted by molar-refractivity contribution is 14.1. The Labute approximate surface area is 74.0 Å². The lowest BCUT2D eigenvalue weighted by molar-refractivity contribution is 1.04. The summed E-state index contributed by atoms with van der Waals surface area (Å²) < 4.78 is 1.09. The monoisotopic (exact) mass is 248 g/mol. The number of aromatic nitrogens is 1. The Bertz CT molecular complexity index is 235. The molecule has 1 aromatic heterocycles. The molecule has 3 heteroatoms. The first-order valence-electron chi connectivity index (χ1n) is 3.14. The molecule has 1 aromatic rings. The van der Waals surface area contributed by atoms with Crippen LogP contribution in [0, 0.1) is 3.57 Å². The number of pyridine rings is 1. The maximum atomic E-state index is 5.66. The fourth-order valence-corrected chi connectivity index (χ4v) is 1.25. The lowest BCUT2D eigenvalue weighted by atomic mass is 10.2. The van der Waals surface area contributed by atoms with Crippen molar-refractivity contribution in [3.8, 4) is 0 Å². The van der Waals surface area contributed by atoms with Gasteiger partial charge in [-0.1, -0.05) is 6.92 Å². The van der Waals surface area contributed by atoms with Crippen LogP contribution in [0.1, 0.15) is 12.6 Å². The minimum Gasteiger partial charge on any atom is -0.397 e. The summed E-state index contributed by atoms with van der Waals surface area (Å²) in [4.78, 5) is 4.16. The maximum absolute atomic E-state index is 5.66. The standard InChI is InChI=1S/C7H9IN2/c1-2-7-6(9)3-5(8)4-10-7/h3-4H,2,9H2,1H3. The van der Waals surface area contributed by atoms with E-state index in [1.54, 1.807) is 0 Å². The lowest BCUT2D eigenvalue weighted by Gasteiger charge is -1.99. The zero-order valence-corrected chi connectivity index (χ0v) is 7.92. The van der Waals surface area contributed by atoms with Crippen molar-refractivity contribution >= 4 is 28.3 Å². The van der Waals surface area contributed by atoms with Gasteiger partial charge in [-0.05, 0) is 35.1 Å². The fraction of sp³-hybridized carbons (Fsp3) is 0.286. The number of hydrogen-bond acceptors (Lipinski definition) is 2. The van der Waals surface area contributed by atoms with E-state index in [4.69, 9.17) is 5.73 Å². The van der Waals surface area contributed by atoms with E-state index in [-0.39, 0.29) is 0 Å². The summed E-state index contributed by atoms with van der Waals surface area (Å²) in [5, 5.41) is 0. The average Bonchev–Trinajstić information content (AvgIpc) is 1.88. The van der Waals surface area contributed by atoms with E-state index < -0.39 is 0 Å². The van der Waals surface area contributed by atoms with E-state index in [9.17, 15) is 0 Å². The molecular formula is C7H9IN2. The normalized spacial score (nSPS) is 9.80. The number of anilines is 1. The van der Waals surface area contributed by atoms with E-state index in [0.29, 0.717) is 0 Å². The molecule has 0 spiro atoms. The van der Waals surface area contributed by atoms with Crippen molar-refractivity contribution in [1.82, 2.24) is 4.98 Å². The van der Waals surface area contributed by atoms with Crippen molar-refractivity contribution in [1.29, 1.82) is 0 Å². The zero-order valence-electron chi connectivity index (χ0n) is 5.76. The summed E-state index contributed by atoms with van der Waals surface area (Å²) in [5.41, 5.74) is 7.45. The summed E-state index contributed by atoms with van der Waals surface area (Å²) in [6.45, 7) is 2.05. The van der Waals surface area contributed by atoms with Crippen molar-refractivity contribution in [2.45, 2.75) is 13.3 Å². The van der Waals surface area contributed by atoms with Crippen LogP contribution in [0.5, 0.6) is 0 Å². The molecule has 1 rings (SSSR count). The third-order valence-electron chi connectivity index (χ3n) is 1.31. The van der Waals surface area contributed by atoms with Gasteiger partial charge >= 0.3 is 0 Å². The molecule has 0 aliphatic carbocycles. The largest absolute Gasteiger partial charge is 0.397 e. The molecule has 54 valence electrons. The van der Waals surface area contributed by atoms with E-state index in [1.807, 2.05) is 19.2 Å². The molecule has 10 heavy (non-hydrogen) atoms. The van der Waals surface area contributed by atoms with Gasteiger partial charge in [-0.2, -0.15) is 0 Å². The number of nitrogens with two attached hydrogens (primary N) is 1. The number of rotatable bonds is 1. The predicted molar refractivity (Wildman–Crippen MR) is 50.7 cm³/mol. The molecule has 0 aliphatic rings. The van der Waals surface area contributed by atoms with Gasteiger partial charge in [0.1, 0.15) is 0 Å². The van der Waals surface area contributed by atoms with Crippen LogP contribution in [0.15, 0.2) is 12.3 Å². The summed E-state index contributed by atoms with van der Waals surface area (Å²) in [7, 11) is 0. The van der Waals surface area contributed by atoms with Gasteiger partial charge in [0, 0.05) is 9.77 Å². The summed E-state index contributed by atoms with van der Waals surface area (Å²) in [6.07, 6.45) is 2.73. The van der Waals surface area contributed by atoms with E-state index >= 15 is 0 Å². The minimum atomic E-state index is 0.800. The first kappa shape index (κ1) is 7.78. The molecule has 0 aliphatic heterocycles. The van der Waals surface area contributed by atoms with Crippen LogP contribution in [0.3, 0.4) is 0 Å². The first-order chi connectivity index (χ1) is 4.74. The average molecular weight is 248 g/mol. The van der Waals surface area contributed by atoms with Crippen molar-refractivity contribution in [3.05, 3.63) is 21.5 Å². The smallest absolute Gasteiger partial charge is 0.0630 e. The first-order valence-corrected chi connectivity index (χ1v) is 4.21. The predicted octanol–water partition coefficient (Wildman–Crippen LogP) is 1.83. The highest BCUT2D eigenvalue weighted by atomic mass is 127. The number of nitrogen functional groups attached to an aromatic ring is 1. The molecule has 0 fully saturated rings. The van der Waals surface area contributed by atoms with Gasteiger partial charge < -0.3 is 5.73 Å². The third kappa shape index (κ3) is 1.59. The number of halogens is 1. The topological polar surface area (TPSA) is 38.9 Å². The summed E-state index contributed by atoms with van der Waals surface area (Å²) >= 11 is 2.20. The second kappa shape index (κ2) is 3.18. The van der Waals surface area contributed by atoms with Gasteiger partial charge in [-0.3, -0.25) is 4.98 Å². The summed E-state index contributed by atoms with van der Waals surface area (Å²) in [5.74, 6) is 0. The van der Waals surface area contributed by atoms with E-state index in [1.165, 1.54) is 0 Å². The molecule has 0 unspecified atom stereocenters. The highest BCUT2D eigenvalue weighted by Gasteiger charge is 1.96. The third-order valence-corrected chi connectivity index (χ3v) is 1.90. The second-order valence-corrected chi connectivity index (χ2v) is 3.29. The van der Waals surface area contributed by atoms with Crippen LogP contribution in [-0.2, 0) is 6.42 Å². The molecule has 2 nitrogen and oxygen atoms in total. The van der Waals surface area contributed by atoms with Crippen LogP contribution in [0.4, 0.5) is 5.69 Å². The Morgan fingerprint density at radius 2 is 2.40 bits per heavy atom. The van der Waals surface area contributed by atoms with E-state index in [0.717, 1.165) is 21.4 Å². The Kier molecular flexibility index (Phi) is 2.48. The second-order valence-electron chi connectivity index (χ2n) is 2.04. The van der Waals surface area contributed by atoms with E-state index in [2.05, 4.69) is 27.6 Å². The van der Waals surface area contributed by atoms with Crippen molar-refractivity contribution in [2.24, 2.45) is 0 Å².